The zero-order valence-corrected chi connectivity index (χ0v) is 11.3. The van der Waals surface area contributed by atoms with Crippen LogP contribution in [0.25, 0.3) is 0 Å². The number of carbonyl (C=O) groups is 3. The molecule has 0 aromatic rings. The summed E-state index contributed by atoms with van der Waals surface area (Å²) >= 11 is 0. The van der Waals surface area contributed by atoms with Gasteiger partial charge in [0.25, 0.3) is 0 Å². The highest BCUT2D eigenvalue weighted by Gasteiger charge is 2.36. The fourth-order valence-electron chi connectivity index (χ4n) is 1.88. The van der Waals surface area contributed by atoms with Crippen molar-refractivity contribution < 1.29 is 19.1 Å². The van der Waals surface area contributed by atoms with Gasteiger partial charge in [0.05, 0.1) is 19.6 Å². The number of carbonyl (C=O) groups excluding carboxylic acids is 3. The Balaban J connectivity index is 2.51. The largest absolute Gasteiger partial charge is 0.469 e. The van der Waals surface area contributed by atoms with Crippen molar-refractivity contribution in [1.29, 1.82) is 0 Å². The average Bonchev–Trinajstić information content (AvgIpc) is 2.56. The van der Waals surface area contributed by atoms with E-state index in [0.29, 0.717) is 0 Å². The molecule has 0 saturated carbocycles. The molecule has 1 rings (SSSR count). The summed E-state index contributed by atoms with van der Waals surface area (Å²) in [5.41, 5.74) is -0.332. The van der Waals surface area contributed by atoms with Gasteiger partial charge >= 0.3 is 5.97 Å². The number of nitrogens with zero attached hydrogens (tertiary/aromatic N) is 1. The van der Waals surface area contributed by atoms with Gasteiger partial charge in [-0.3, -0.25) is 14.4 Å². The molecule has 0 radical (unpaired) electrons. The van der Waals surface area contributed by atoms with Gasteiger partial charge in [-0.2, -0.15) is 0 Å². The summed E-state index contributed by atoms with van der Waals surface area (Å²) in [4.78, 5) is 36.0. The van der Waals surface area contributed by atoms with Gasteiger partial charge in [0.15, 0.2) is 0 Å². The average molecular weight is 256 g/mol. The summed E-state index contributed by atoms with van der Waals surface area (Å²) in [5.74, 6) is -1.26. The molecule has 0 aliphatic carbocycles. The number of likely N-dealkylation sites (tertiary alicyclic amines) is 1. The molecule has 102 valence electrons. The van der Waals surface area contributed by atoms with Gasteiger partial charge in [-0.05, 0) is 20.8 Å². The molecule has 0 bridgehead atoms. The molecule has 6 heteroatoms. The Bertz CT molecular complexity index is 360. The summed E-state index contributed by atoms with van der Waals surface area (Å²) in [7, 11) is 1.29. The van der Waals surface area contributed by atoms with E-state index < -0.39 is 11.9 Å². The molecule has 1 fully saturated rings. The van der Waals surface area contributed by atoms with Gasteiger partial charge in [-0.1, -0.05) is 0 Å². The van der Waals surface area contributed by atoms with Gasteiger partial charge < -0.3 is 15.0 Å². The Labute approximate surface area is 107 Å². The van der Waals surface area contributed by atoms with Crippen LogP contribution in [-0.2, 0) is 19.1 Å². The molecule has 1 aliphatic rings. The maximum Gasteiger partial charge on any atom is 0.310 e. The van der Waals surface area contributed by atoms with Crippen molar-refractivity contribution in [1.82, 2.24) is 10.2 Å². The van der Waals surface area contributed by atoms with Crippen molar-refractivity contribution in [2.24, 2.45) is 5.92 Å². The van der Waals surface area contributed by atoms with Crippen LogP contribution in [0.4, 0.5) is 0 Å². The lowest BCUT2D eigenvalue weighted by Crippen LogP contribution is -2.46. The monoisotopic (exact) mass is 256 g/mol. The molecule has 1 atom stereocenters. The van der Waals surface area contributed by atoms with Crippen LogP contribution in [-0.4, -0.2) is 48.4 Å². The van der Waals surface area contributed by atoms with Crippen LogP contribution in [0.3, 0.4) is 0 Å². The quantitative estimate of drug-likeness (QED) is 0.717. The summed E-state index contributed by atoms with van der Waals surface area (Å²) in [5, 5.41) is 2.78. The van der Waals surface area contributed by atoms with E-state index in [1.54, 1.807) is 0 Å². The van der Waals surface area contributed by atoms with Gasteiger partial charge in [0.2, 0.25) is 11.8 Å². The molecule has 0 aromatic heterocycles. The standard InChI is InChI=1S/C12H20N2O4/c1-12(2,3)13-9(15)7-14-6-8(5-10(14)16)11(17)18-4/h8H,5-7H2,1-4H3,(H,13,15). The Kier molecular flexibility index (Phi) is 4.32. The number of methoxy groups -OCH3 is 1. The second-order valence-electron chi connectivity index (χ2n) is 5.50. The molecule has 0 spiro atoms. The van der Waals surface area contributed by atoms with Gasteiger partial charge in [-0.25, -0.2) is 0 Å². The molecular formula is C12H20N2O4. The third-order valence-corrected chi connectivity index (χ3v) is 2.60. The Hall–Kier alpha value is -1.59. The predicted octanol–water partition coefficient (Wildman–Crippen LogP) is -0.0774. The number of amides is 2. The molecule has 6 nitrogen and oxygen atoms in total. The smallest absolute Gasteiger partial charge is 0.310 e. The molecule has 1 aliphatic heterocycles. The zero-order valence-electron chi connectivity index (χ0n) is 11.3. The van der Waals surface area contributed by atoms with Gasteiger partial charge in [0.1, 0.15) is 0 Å². The minimum atomic E-state index is -0.454. The van der Waals surface area contributed by atoms with Crippen LogP contribution in [0.5, 0.6) is 0 Å². The van der Waals surface area contributed by atoms with Crippen molar-refractivity contribution >= 4 is 17.8 Å². The predicted molar refractivity (Wildman–Crippen MR) is 64.6 cm³/mol. The lowest BCUT2D eigenvalue weighted by atomic mass is 10.1. The summed E-state index contributed by atoms with van der Waals surface area (Å²) in [6.45, 7) is 5.85. The minimum absolute atomic E-state index is 0.0103. The molecular weight excluding hydrogens is 236 g/mol. The first-order valence-corrected chi connectivity index (χ1v) is 5.89. The van der Waals surface area contributed by atoms with Gasteiger partial charge in [0, 0.05) is 18.5 Å². The van der Waals surface area contributed by atoms with Crippen molar-refractivity contribution in [2.75, 3.05) is 20.2 Å². The second-order valence-corrected chi connectivity index (χ2v) is 5.50. The lowest BCUT2D eigenvalue weighted by molar-refractivity contribution is -0.145. The third-order valence-electron chi connectivity index (χ3n) is 2.60. The molecule has 1 saturated heterocycles. The zero-order chi connectivity index (χ0) is 13.9. The van der Waals surface area contributed by atoms with E-state index in [1.807, 2.05) is 20.8 Å². The van der Waals surface area contributed by atoms with Crippen molar-refractivity contribution in [3.63, 3.8) is 0 Å². The van der Waals surface area contributed by atoms with E-state index in [0.717, 1.165) is 0 Å². The summed E-state index contributed by atoms with van der Waals surface area (Å²) in [6, 6.07) is 0. The van der Waals surface area contributed by atoms with Crippen LogP contribution >= 0.6 is 0 Å². The number of nitrogens with one attached hydrogen (secondary N) is 1. The first kappa shape index (κ1) is 14.5. The fourth-order valence-corrected chi connectivity index (χ4v) is 1.88. The van der Waals surface area contributed by atoms with E-state index >= 15 is 0 Å². The lowest BCUT2D eigenvalue weighted by Gasteiger charge is -2.23. The van der Waals surface area contributed by atoms with Crippen molar-refractivity contribution in [2.45, 2.75) is 32.7 Å². The molecule has 0 aromatic carbocycles. The number of hydrogen-bond acceptors (Lipinski definition) is 4. The first-order chi connectivity index (χ1) is 8.23. The first-order valence-electron chi connectivity index (χ1n) is 5.89. The third kappa shape index (κ3) is 4.01. The van der Waals surface area contributed by atoms with Crippen molar-refractivity contribution in [3.8, 4) is 0 Å². The maximum absolute atomic E-state index is 11.7. The highest BCUT2D eigenvalue weighted by Crippen LogP contribution is 2.18. The van der Waals surface area contributed by atoms with Crippen LogP contribution in [0, 0.1) is 5.92 Å². The van der Waals surface area contributed by atoms with Crippen LogP contribution < -0.4 is 5.32 Å². The molecule has 18 heavy (non-hydrogen) atoms. The van der Waals surface area contributed by atoms with Crippen molar-refractivity contribution in [3.05, 3.63) is 0 Å². The van der Waals surface area contributed by atoms with Gasteiger partial charge in [-0.15, -0.1) is 0 Å². The minimum Gasteiger partial charge on any atom is -0.469 e. The normalized spacial score (nSPS) is 19.9. The molecule has 1 unspecified atom stereocenters. The van der Waals surface area contributed by atoms with E-state index in [9.17, 15) is 14.4 Å². The number of rotatable bonds is 3. The topological polar surface area (TPSA) is 75.7 Å². The molecule has 2 amide bonds. The van der Waals surface area contributed by atoms with Crippen LogP contribution in [0.15, 0.2) is 0 Å². The Morgan fingerprint density at radius 2 is 2.06 bits per heavy atom. The highest BCUT2D eigenvalue weighted by atomic mass is 16.5. The Morgan fingerprint density at radius 1 is 1.44 bits per heavy atom. The SMILES string of the molecule is COC(=O)C1CC(=O)N(CC(=O)NC(C)(C)C)C1. The molecule has 1 N–H and O–H groups in total. The van der Waals surface area contributed by atoms with E-state index in [-0.39, 0.29) is 36.9 Å². The summed E-state index contributed by atoms with van der Waals surface area (Å²) < 4.78 is 4.60. The highest BCUT2D eigenvalue weighted by molar-refractivity contribution is 5.90. The van der Waals surface area contributed by atoms with E-state index in [1.165, 1.54) is 12.0 Å². The fraction of sp³-hybridized carbons (Fsp3) is 0.750. The number of esters is 1. The van der Waals surface area contributed by atoms with E-state index in [4.69, 9.17) is 0 Å². The number of ether oxygens (including phenoxy) is 1. The Morgan fingerprint density at radius 3 is 2.56 bits per heavy atom. The van der Waals surface area contributed by atoms with Crippen LogP contribution in [0.2, 0.25) is 0 Å². The van der Waals surface area contributed by atoms with E-state index in [2.05, 4.69) is 10.1 Å². The summed E-state index contributed by atoms with van der Waals surface area (Å²) in [6.07, 6.45) is 0.121. The molecule has 1 heterocycles. The maximum atomic E-state index is 11.7. The van der Waals surface area contributed by atoms with Crippen LogP contribution in [0.1, 0.15) is 27.2 Å². The second kappa shape index (κ2) is 5.37. The number of hydrogen-bond donors (Lipinski definition) is 1.